The Morgan fingerprint density at radius 2 is 1.60 bits per heavy atom. The van der Waals surface area contributed by atoms with Gasteiger partial charge in [0.05, 0.1) is 16.9 Å². The molecule has 1 aromatic heterocycles. The topological polar surface area (TPSA) is 186 Å². The van der Waals surface area contributed by atoms with Crippen LogP contribution in [0.15, 0.2) is 89.0 Å². The molecule has 1 aliphatic carbocycles. The smallest absolute Gasteiger partial charge is 0.408 e. The van der Waals surface area contributed by atoms with Crippen LogP contribution >= 0.6 is 11.8 Å². The van der Waals surface area contributed by atoms with Crippen molar-refractivity contribution in [3.63, 3.8) is 0 Å². The molecule has 3 atom stereocenters. The maximum atomic E-state index is 16.3. The minimum Gasteiger partial charge on any atom is -0.477 e. The molecule has 0 radical (unpaired) electrons. The lowest BCUT2D eigenvalue weighted by atomic mass is 10.0. The number of ether oxygens (including phenoxy) is 3. The number of aromatic nitrogens is 1. The number of halogens is 2. The van der Waals surface area contributed by atoms with Gasteiger partial charge in [-0.1, -0.05) is 60.7 Å². The van der Waals surface area contributed by atoms with Crippen molar-refractivity contribution >= 4 is 58.4 Å². The van der Waals surface area contributed by atoms with Gasteiger partial charge in [-0.3, -0.25) is 14.5 Å². The van der Waals surface area contributed by atoms with Crippen LogP contribution < -0.4 is 21.0 Å². The van der Waals surface area contributed by atoms with E-state index in [1.807, 2.05) is 12.1 Å². The van der Waals surface area contributed by atoms with Crippen LogP contribution in [0.25, 0.3) is 10.9 Å². The van der Waals surface area contributed by atoms with Crippen LogP contribution in [0.3, 0.4) is 0 Å². The molecule has 1 saturated carbocycles. The number of carboxylic acid groups (broad SMARTS) is 1. The van der Waals surface area contributed by atoms with E-state index in [9.17, 15) is 33.9 Å². The number of rotatable bonds is 11. The molecule has 15 nitrogen and oxygen atoms in total. The molecule has 324 valence electrons. The number of alkyl carbamates (subject to hydrolysis) is 2. The van der Waals surface area contributed by atoms with Gasteiger partial charge in [-0.15, -0.1) is 11.8 Å². The number of benzene rings is 3. The van der Waals surface area contributed by atoms with Crippen molar-refractivity contribution in [1.82, 2.24) is 20.1 Å². The summed E-state index contributed by atoms with van der Waals surface area (Å²) in [6, 6.07) is 17.1. The number of pyridine rings is 1. The second kappa shape index (κ2) is 16.8. The largest absolute Gasteiger partial charge is 0.477 e. The van der Waals surface area contributed by atoms with E-state index < -0.39 is 94.1 Å². The second-order valence-electron chi connectivity index (χ2n) is 16.5. The van der Waals surface area contributed by atoms with E-state index >= 15 is 8.78 Å². The molecule has 4 aromatic rings. The van der Waals surface area contributed by atoms with Crippen molar-refractivity contribution in [1.29, 1.82) is 0 Å². The third-order valence-electron chi connectivity index (χ3n) is 10.9. The Hall–Kier alpha value is -6.43. The average Bonchev–Trinajstić information content (AvgIpc) is 3.99. The summed E-state index contributed by atoms with van der Waals surface area (Å²) >= 11 is 1.25. The first-order valence-corrected chi connectivity index (χ1v) is 21.1. The lowest BCUT2D eigenvalue weighted by Crippen LogP contribution is -2.71. The molecule has 2 saturated heterocycles. The molecule has 18 heteroatoms. The highest BCUT2D eigenvalue weighted by molar-refractivity contribution is 8.00. The summed E-state index contributed by atoms with van der Waals surface area (Å²) in [5, 5.41) is 13.8. The number of esters is 1. The van der Waals surface area contributed by atoms with Gasteiger partial charge in [0.1, 0.15) is 46.4 Å². The van der Waals surface area contributed by atoms with E-state index in [1.54, 1.807) is 69.3 Å². The summed E-state index contributed by atoms with van der Waals surface area (Å²) in [4.78, 5) is 81.3. The lowest BCUT2D eigenvalue weighted by molar-refractivity contribution is -0.153. The van der Waals surface area contributed by atoms with Crippen LogP contribution in [0.4, 0.5) is 24.1 Å². The predicted molar refractivity (Wildman–Crippen MR) is 223 cm³/mol. The number of nitrogens with one attached hydrogen (secondary N) is 2. The third-order valence-corrected chi connectivity index (χ3v) is 12.2. The van der Waals surface area contributed by atoms with Crippen LogP contribution in [0.1, 0.15) is 73.7 Å². The van der Waals surface area contributed by atoms with Gasteiger partial charge < -0.3 is 39.4 Å². The van der Waals surface area contributed by atoms with Gasteiger partial charge in [-0.05, 0) is 57.2 Å². The maximum Gasteiger partial charge on any atom is 0.408 e. The van der Waals surface area contributed by atoms with Crippen molar-refractivity contribution in [3.8, 4) is 0 Å². The zero-order valence-electron chi connectivity index (χ0n) is 33.9. The van der Waals surface area contributed by atoms with Crippen LogP contribution in [0.2, 0.25) is 0 Å². The molecule has 3 aliphatic heterocycles. The highest BCUT2D eigenvalue weighted by Gasteiger charge is 2.55. The quantitative estimate of drug-likeness (QED) is 0.0907. The van der Waals surface area contributed by atoms with Gasteiger partial charge in [-0.2, -0.15) is 0 Å². The number of hydrogen-bond donors (Lipinski definition) is 3. The third kappa shape index (κ3) is 8.42. The van der Waals surface area contributed by atoms with E-state index in [1.165, 1.54) is 26.1 Å². The molecule has 0 spiro atoms. The molecular weight excluding hydrogens is 829 g/mol. The molecule has 3 unspecified atom stereocenters. The first kappa shape index (κ1) is 42.3. The average molecular weight is 872 g/mol. The summed E-state index contributed by atoms with van der Waals surface area (Å²) < 4.78 is 50.4. The van der Waals surface area contributed by atoms with Gasteiger partial charge >= 0.3 is 24.1 Å². The Bertz CT molecular complexity index is 2520. The number of β-lactam (4-membered cyclic amide) rings is 1. The Morgan fingerprint density at radius 1 is 0.935 bits per heavy atom. The number of amides is 3. The highest BCUT2D eigenvalue weighted by atomic mass is 32.2. The summed E-state index contributed by atoms with van der Waals surface area (Å²) in [6.07, 6.45) is 0.100. The molecule has 3 N–H and O–H groups in total. The predicted octanol–water partition coefficient (Wildman–Crippen LogP) is 6.01. The highest BCUT2D eigenvalue weighted by Crippen LogP contribution is 2.43. The minimum absolute atomic E-state index is 0.0260. The number of thioether (sulfide) groups is 1. The van der Waals surface area contributed by atoms with Gasteiger partial charge in [-0.25, -0.2) is 28.0 Å². The Labute approximate surface area is 358 Å². The van der Waals surface area contributed by atoms with E-state index in [0.29, 0.717) is 24.0 Å². The summed E-state index contributed by atoms with van der Waals surface area (Å²) in [7, 11) is 0. The summed E-state index contributed by atoms with van der Waals surface area (Å²) in [6.45, 7) is 4.75. The Kier molecular flexibility index (Phi) is 11.4. The SMILES string of the molecule is CC(C)(C)OC(=O)NC1C(=O)N2C(C(=O)OC(c3ccccc3)c3ccccc3)=C(COC(=O)NC3CCN(c4c(F)cc5c(=O)c(C(=O)O)cn(C6CC6)c5c4F)C3)CSC12. The Balaban J connectivity index is 1.00. The number of carbonyl (C=O) groups excluding carboxylic acids is 4. The fraction of sp³-hybridized carbons (Fsp3) is 0.364. The number of nitrogens with zero attached hydrogens (tertiary/aromatic N) is 3. The fourth-order valence-corrected chi connectivity index (χ4v) is 9.25. The van der Waals surface area contributed by atoms with Gasteiger partial charge in [0.25, 0.3) is 5.91 Å². The van der Waals surface area contributed by atoms with Crippen LogP contribution in [-0.4, -0.2) is 93.1 Å². The summed E-state index contributed by atoms with van der Waals surface area (Å²) in [5.74, 6) is -4.87. The number of aromatic carboxylic acids is 1. The maximum absolute atomic E-state index is 16.3. The first-order chi connectivity index (χ1) is 29.6. The van der Waals surface area contributed by atoms with Crippen molar-refractivity contribution < 1.29 is 52.1 Å². The Morgan fingerprint density at radius 3 is 2.21 bits per heavy atom. The normalized spacial score (nSPS) is 19.8. The molecule has 8 rings (SSSR count). The first-order valence-electron chi connectivity index (χ1n) is 20.0. The standard InChI is InChI=1S/C44H43F2N5O10S/c1-44(2,3)61-43(58)48-32-38(53)51-33(41(56)60-37(23-10-6-4-7-11-23)24-12-8-5-9-13-24)25(22-62-39(32)51)21-59-42(57)47-26-16-17-49(19-26)35-30(45)18-28-34(31(35)46)50(27-14-15-27)20-29(36(28)52)40(54)55/h4-13,18,20,26-27,32,37,39H,14-17,19,21-22H2,1-3H3,(H,47,57)(H,48,58)(H,54,55). The number of carboxylic acids is 1. The lowest BCUT2D eigenvalue weighted by Gasteiger charge is -2.49. The number of fused-ring (bicyclic) bond motifs is 2. The molecule has 3 amide bonds. The van der Waals surface area contributed by atoms with Crippen molar-refractivity contribution in [2.45, 2.75) is 75.2 Å². The molecule has 4 aliphatic rings. The zero-order valence-corrected chi connectivity index (χ0v) is 34.7. The summed E-state index contributed by atoms with van der Waals surface area (Å²) in [5.41, 5.74) is -1.49. The van der Waals surface area contributed by atoms with E-state index in [0.717, 1.165) is 12.3 Å². The van der Waals surface area contributed by atoms with Crippen LogP contribution in [0.5, 0.6) is 0 Å². The van der Waals surface area contributed by atoms with E-state index in [-0.39, 0.29) is 53.5 Å². The molecule has 3 aromatic carbocycles. The molecular formula is C44H43F2N5O10S. The van der Waals surface area contributed by atoms with Crippen LogP contribution in [-0.2, 0) is 23.8 Å². The van der Waals surface area contributed by atoms with Crippen molar-refractivity contribution in [3.05, 3.63) is 123 Å². The van der Waals surface area contributed by atoms with Crippen molar-refractivity contribution in [2.24, 2.45) is 0 Å². The van der Waals surface area contributed by atoms with Gasteiger partial charge in [0.2, 0.25) is 5.43 Å². The van der Waals surface area contributed by atoms with E-state index in [4.69, 9.17) is 14.2 Å². The molecule has 0 bridgehead atoms. The monoisotopic (exact) mass is 871 g/mol. The molecule has 3 fully saturated rings. The van der Waals surface area contributed by atoms with Crippen molar-refractivity contribution in [2.75, 3.05) is 30.3 Å². The minimum atomic E-state index is -1.49. The van der Waals surface area contributed by atoms with Gasteiger partial charge in [0.15, 0.2) is 11.9 Å². The zero-order chi connectivity index (χ0) is 44.0. The number of carbonyl (C=O) groups is 5. The number of anilines is 1. The molecule has 4 heterocycles. The van der Waals surface area contributed by atoms with Crippen LogP contribution in [0, 0.1) is 11.6 Å². The van der Waals surface area contributed by atoms with E-state index in [2.05, 4.69) is 10.6 Å². The fourth-order valence-electron chi connectivity index (χ4n) is 7.92. The number of hydrogen-bond acceptors (Lipinski definition) is 11. The second-order valence-corrected chi connectivity index (χ2v) is 17.6. The molecule has 62 heavy (non-hydrogen) atoms. The van der Waals surface area contributed by atoms with Gasteiger partial charge in [0, 0.05) is 36.7 Å².